The molecule has 342 valence electrons. The van der Waals surface area contributed by atoms with Gasteiger partial charge in [0.2, 0.25) is 0 Å². The van der Waals surface area contributed by atoms with Gasteiger partial charge in [-0.25, -0.2) is 0 Å². The maximum absolute atomic E-state index is 7.47. The third-order valence-electron chi connectivity index (χ3n) is 16.5. The first-order valence-electron chi connectivity index (χ1n) is 25.7. The standard InChI is InChI=1S/C67H41B2N3O2/c1-4-19-41(20-5-1)70(42-21-6-2-7-22-42)45-36-59-67-63(38-45)74-60-40-61-55(39-54(60)68(67)52-30-14-17-34-58(52)71(59)43-23-8-3-9-24-43)69-53-31-18-29-50-46-25-10-11-28-49(46)64(65(50)53)51-35-44(37-62(73-61)66(51)69)72-56-32-15-12-26-47(56)48-27-13-16-33-57(48)72/h1-40,64H. The first kappa shape index (κ1) is 40.2. The molecule has 1 aromatic heterocycles. The lowest BCUT2D eigenvalue weighted by atomic mass is 9.30. The molecule has 11 aromatic carbocycles. The van der Waals surface area contributed by atoms with Crippen LogP contribution in [-0.2, 0) is 0 Å². The number of para-hydroxylation sites is 6. The van der Waals surface area contributed by atoms with Crippen LogP contribution in [0, 0.1) is 0 Å². The fourth-order valence-corrected chi connectivity index (χ4v) is 13.7. The van der Waals surface area contributed by atoms with Crippen molar-refractivity contribution >= 4 is 102 Å². The van der Waals surface area contributed by atoms with E-state index in [1.165, 1.54) is 66.0 Å². The van der Waals surface area contributed by atoms with Gasteiger partial charge in [0, 0.05) is 63.3 Å². The van der Waals surface area contributed by atoms with E-state index in [-0.39, 0.29) is 19.3 Å². The van der Waals surface area contributed by atoms with Crippen LogP contribution in [0.4, 0.5) is 34.1 Å². The molecule has 0 saturated carbocycles. The van der Waals surface area contributed by atoms with E-state index in [1.54, 1.807) is 0 Å². The van der Waals surface area contributed by atoms with Crippen LogP contribution in [0.2, 0.25) is 0 Å². The molecule has 0 saturated heterocycles. The highest BCUT2D eigenvalue weighted by molar-refractivity contribution is 7.01. The van der Waals surface area contributed by atoms with E-state index in [2.05, 4.69) is 257 Å². The van der Waals surface area contributed by atoms with Gasteiger partial charge in [-0.1, -0.05) is 163 Å². The van der Waals surface area contributed by atoms with Crippen LogP contribution in [0.15, 0.2) is 243 Å². The Hall–Kier alpha value is -9.45. The number of aromatic nitrogens is 1. The molecule has 0 spiro atoms. The SMILES string of the molecule is c1ccc(N(c2ccccc2)c2cc3c4c(c2)N(c2ccccc2)c2ccccc2B4c2cc4c(cc2O3)Oc2cc(-n3c5ccccc5c5ccccc53)cc3c2B4c2cccc4c2C3c2ccccc2-4)cc1. The van der Waals surface area contributed by atoms with E-state index >= 15 is 0 Å². The quantitative estimate of drug-likeness (QED) is 0.161. The highest BCUT2D eigenvalue weighted by Crippen LogP contribution is 2.52. The largest absolute Gasteiger partial charge is 0.458 e. The molecule has 5 nitrogen and oxygen atoms in total. The van der Waals surface area contributed by atoms with Crippen molar-refractivity contribution in [3.8, 4) is 39.8 Å². The van der Waals surface area contributed by atoms with Gasteiger partial charge < -0.3 is 23.8 Å². The number of rotatable bonds is 5. The molecule has 74 heavy (non-hydrogen) atoms. The molecule has 0 fully saturated rings. The van der Waals surface area contributed by atoms with Gasteiger partial charge in [-0.05, 0) is 122 Å². The molecule has 4 aliphatic heterocycles. The number of nitrogens with zero attached hydrogens (tertiary/aromatic N) is 3. The van der Waals surface area contributed by atoms with E-state index in [9.17, 15) is 0 Å². The summed E-state index contributed by atoms with van der Waals surface area (Å²) in [6, 6.07) is 88.7. The Morgan fingerprint density at radius 2 is 0.946 bits per heavy atom. The van der Waals surface area contributed by atoms with Crippen molar-refractivity contribution in [2.45, 2.75) is 5.92 Å². The van der Waals surface area contributed by atoms with Gasteiger partial charge in [0.05, 0.1) is 22.4 Å². The second kappa shape index (κ2) is 15.0. The lowest BCUT2D eigenvalue weighted by Crippen LogP contribution is -2.63. The lowest BCUT2D eigenvalue weighted by Gasteiger charge is -2.42. The summed E-state index contributed by atoms with van der Waals surface area (Å²) in [5, 5.41) is 2.47. The molecule has 1 unspecified atom stereocenters. The zero-order chi connectivity index (χ0) is 48.2. The lowest BCUT2D eigenvalue weighted by molar-refractivity contribution is 0.465. The Kier molecular flexibility index (Phi) is 8.17. The molecular weight excluding hydrogens is 900 g/mol. The van der Waals surface area contributed by atoms with Gasteiger partial charge in [0.1, 0.15) is 23.0 Å². The van der Waals surface area contributed by atoms with Crippen LogP contribution in [0.3, 0.4) is 0 Å². The van der Waals surface area contributed by atoms with Crippen LogP contribution < -0.4 is 52.1 Å². The van der Waals surface area contributed by atoms with Gasteiger partial charge in [-0.2, -0.15) is 0 Å². The molecule has 1 atom stereocenters. The van der Waals surface area contributed by atoms with Crippen LogP contribution in [0.5, 0.6) is 23.0 Å². The predicted octanol–water partition coefficient (Wildman–Crippen LogP) is 12.8. The van der Waals surface area contributed by atoms with Crippen molar-refractivity contribution in [1.29, 1.82) is 0 Å². The summed E-state index contributed by atoms with van der Waals surface area (Å²) in [6.45, 7) is -0.197. The van der Waals surface area contributed by atoms with Gasteiger partial charge >= 0.3 is 0 Å². The molecule has 0 amide bonds. The second-order valence-corrected chi connectivity index (χ2v) is 20.3. The van der Waals surface area contributed by atoms with Gasteiger partial charge in [-0.15, -0.1) is 0 Å². The smallest absolute Gasteiger partial charge is 0.256 e. The molecular formula is C67H41B2N3O2. The van der Waals surface area contributed by atoms with Crippen molar-refractivity contribution in [3.63, 3.8) is 0 Å². The van der Waals surface area contributed by atoms with E-state index < -0.39 is 0 Å². The molecule has 0 radical (unpaired) electrons. The van der Waals surface area contributed by atoms with E-state index in [4.69, 9.17) is 9.47 Å². The van der Waals surface area contributed by atoms with Crippen LogP contribution in [-0.4, -0.2) is 18.0 Å². The summed E-state index contributed by atoms with van der Waals surface area (Å²) in [5.41, 5.74) is 23.9. The third-order valence-corrected chi connectivity index (χ3v) is 16.5. The summed E-state index contributed by atoms with van der Waals surface area (Å²) < 4.78 is 17.4. The van der Waals surface area contributed by atoms with Crippen LogP contribution in [0.25, 0.3) is 38.6 Å². The summed E-state index contributed by atoms with van der Waals surface area (Å²) in [6.07, 6.45) is 0. The highest BCUT2D eigenvalue weighted by atomic mass is 16.5. The summed E-state index contributed by atoms with van der Waals surface area (Å²) in [4.78, 5) is 4.77. The number of hydrogen-bond acceptors (Lipinski definition) is 4. The zero-order valence-corrected chi connectivity index (χ0v) is 40.0. The topological polar surface area (TPSA) is 29.9 Å². The van der Waals surface area contributed by atoms with E-state index in [0.717, 1.165) is 79.2 Å². The van der Waals surface area contributed by atoms with Gasteiger partial charge in [-0.3, -0.25) is 0 Å². The number of hydrogen-bond donors (Lipinski definition) is 0. The normalized spacial score (nSPS) is 14.5. The third kappa shape index (κ3) is 5.45. The van der Waals surface area contributed by atoms with Gasteiger partial charge in [0.15, 0.2) is 0 Å². The molecule has 7 heteroatoms. The Bertz CT molecular complexity index is 4270. The fourth-order valence-electron chi connectivity index (χ4n) is 13.7. The first-order valence-corrected chi connectivity index (χ1v) is 25.7. The molecule has 5 heterocycles. The average molecular weight is 942 g/mol. The molecule has 0 bridgehead atoms. The molecule has 0 N–H and O–H groups in total. The maximum atomic E-state index is 7.47. The fraction of sp³-hybridized carbons (Fsp3) is 0.0149. The minimum Gasteiger partial charge on any atom is -0.458 e. The van der Waals surface area contributed by atoms with Crippen LogP contribution in [0.1, 0.15) is 22.6 Å². The number of ether oxygens (including phenoxy) is 2. The first-order chi connectivity index (χ1) is 36.7. The summed E-state index contributed by atoms with van der Waals surface area (Å²) in [7, 11) is 0. The predicted molar refractivity (Wildman–Crippen MR) is 305 cm³/mol. The number of benzene rings is 11. The molecule has 12 aromatic rings. The highest BCUT2D eigenvalue weighted by Gasteiger charge is 2.49. The van der Waals surface area contributed by atoms with Crippen LogP contribution >= 0.6 is 0 Å². The van der Waals surface area contributed by atoms with Crippen molar-refractivity contribution in [2.24, 2.45) is 0 Å². The Labute approximate surface area is 428 Å². The van der Waals surface area contributed by atoms with Crippen molar-refractivity contribution < 1.29 is 9.47 Å². The van der Waals surface area contributed by atoms with Crippen molar-refractivity contribution in [3.05, 3.63) is 259 Å². The minimum absolute atomic E-state index is 0.0608. The molecule has 17 rings (SSSR count). The van der Waals surface area contributed by atoms with E-state index in [1.807, 2.05) is 0 Å². The Balaban J connectivity index is 0.917. The molecule has 1 aliphatic carbocycles. The number of fused-ring (bicyclic) bond motifs is 14. The summed E-state index contributed by atoms with van der Waals surface area (Å²) >= 11 is 0. The van der Waals surface area contributed by atoms with Gasteiger partial charge in [0.25, 0.3) is 13.4 Å². The Morgan fingerprint density at radius 1 is 0.365 bits per heavy atom. The average Bonchev–Trinajstić information content (AvgIpc) is 4.07. The minimum atomic E-state index is -0.123. The van der Waals surface area contributed by atoms with Crippen molar-refractivity contribution in [1.82, 2.24) is 4.57 Å². The second-order valence-electron chi connectivity index (χ2n) is 20.3. The summed E-state index contributed by atoms with van der Waals surface area (Å²) in [5.74, 6) is 3.41. The maximum Gasteiger partial charge on any atom is 0.256 e. The zero-order valence-electron chi connectivity index (χ0n) is 40.0. The number of anilines is 6. The monoisotopic (exact) mass is 941 g/mol. The van der Waals surface area contributed by atoms with E-state index in [0.29, 0.717) is 0 Å². The van der Waals surface area contributed by atoms with Crippen molar-refractivity contribution in [2.75, 3.05) is 9.80 Å². The molecule has 5 aliphatic rings. The Morgan fingerprint density at radius 3 is 1.68 bits per heavy atom.